The number of fused-ring (bicyclic) bond motifs is 1. The van der Waals surface area contributed by atoms with Crippen molar-refractivity contribution in [2.45, 2.75) is 0 Å². The van der Waals surface area contributed by atoms with Crippen molar-refractivity contribution >= 4 is 10.9 Å². The van der Waals surface area contributed by atoms with Gasteiger partial charge in [0, 0.05) is 17.1 Å². The second kappa shape index (κ2) is 3.16. The molecule has 0 amide bonds. The number of rotatable bonds is 1. The zero-order valence-electron chi connectivity index (χ0n) is 7.88. The Morgan fingerprint density at radius 2 is 2.13 bits per heavy atom. The highest BCUT2D eigenvalue weighted by Crippen LogP contribution is 2.20. The third-order valence-corrected chi connectivity index (χ3v) is 2.31. The van der Waals surface area contributed by atoms with Crippen LogP contribution in [0.3, 0.4) is 0 Å². The van der Waals surface area contributed by atoms with Gasteiger partial charge in [-0.25, -0.2) is 0 Å². The molecule has 0 aliphatic heterocycles. The zero-order valence-corrected chi connectivity index (χ0v) is 7.88. The van der Waals surface area contributed by atoms with Gasteiger partial charge < -0.3 is 0 Å². The van der Waals surface area contributed by atoms with Crippen LogP contribution in [0.1, 0.15) is 0 Å². The maximum absolute atomic E-state index is 4.06. The van der Waals surface area contributed by atoms with E-state index >= 15 is 0 Å². The number of hydrogen-bond acceptors (Lipinski definition) is 3. The largest absolute Gasteiger partial charge is 0.278 e. The summed E-state index contributed by atoms with van der Waals surface area (Å²) in [5.74, 6) is 0. The molecule has 0 unspecified atom stereocenters. The van der Waals surface area contributed by atoms with E-state index in [1.54, 1.807) is 12.4 Å². The molecule has 0 spiro atoms. The van der Waals surface area contributed by atoms with Gasteiger partial charge in [0.2, 0.25) is 0 Å². The van der Waals surface area contributed by atoms with Gasteiger partial charge in [-0.3, -0.25) is 5.10 Å². The van der Waals surface area contributed by atoms with Crippen LogP contribution in [0.5, 0.6) is 0 Å². The molecule has 2 heterocycles. The van der Waals surface area contributed by atoms with Gasteiger partial charge in [0.05, 0.1) is 17.4 Å². The maximum atomic E-state index is 4.06. The predicted molar refractivity (Wildman–Crippen MR) is 57.1 cm³/mol. The Kier molecular flexibility index (Phi) is 1.71. The first-order valence-electron chi connectivity index (χ1n) is 4.65. The summed E-state index contributed by atoms with van der Waals surface area (Å²) in [4.78, 5) is 0. The second-order valence-corrected chi connectivity index (χ2v) is 3.28. The Morgan fingerprint density at radius 1 is 1.13 bits per heavy atom. The van der Waals surface area contributed by atoms with Gasteiger partial charge in [-0.2, -0.15) is 15.3 Å². The molecule has 0 saturated carbocycles. The van der Waals surface area contributed by atoms with Crippen molar-refractivity contribution in [2.75, 3.05) is 0 Å². The molecular formula is C11H8N4. The third kappa shape index (κ3) is 1.36. The molecule has 15 heavy (non-hydrogen) atoms. The molecule has 0 atom stereocenters. The van der Waals surface area contributed by atoms with Crippen LogP contribution in [0.25, 0.3) is 22.2 Å². The summed E-state index contributed by atoms with van der Waals surface area (Å²) < 4.78 is 0. The van der Waals surface area contributed by atoms with Crippen molar-refractivity contribution in [1.29, 1.82) is 0 Å². The summed E-state index contributed by atoms with van der Waals surface area (Å²) in [7, 11) is 0. The minimum absolute atomic E-state index is 0.869. The SMILES string of the molecule is c1cnnc(-c2ccc3cn[nH]c3c2)c1. The minimum atomic E-state index is 0.869. The molecule has 0 bridgehead atoms. The van der Waals surface area contributed by atoms with Crippen molar-refractivity contribution in [3.63, 3.8) is 0 Å². The van der Waals surface area contributed by atoms with Crippen LogP contribution in [0, 0.1) is 0 Å². The average Bonchev–Trinajstić information content (AvgIpc) is 2.77. The quantitative estimate of drug-likeness (QED) is 0.647. The van der Waals surface area contributed by atoms with Crippen LogP contribution in [-0.4, -0.2) is 20.4 Å². The van der Waals surface area contributed by atoms with E-state index in [-0.39, 0.29) is 0 Å². The Hall–Kier alpha value is -2.23. The zero-order chi connectivity index (χ0) is 10.1. The first-order valence-corrected chi connectivity index (χ1v) is 4.65. The number of hydrogen-bond donors (Lipinski definition) is 1. The lowest BCUT2D eigenvalue weighted by molar-refractivity contribution is 1.04. The lowest BCUT2D eigenvalue weighted by atomic mass is 10.1. The number of aromatic nitrogens is 4. The van der Waals surface area contributed by atoms with Gasteiger partial charge in [0.1, 0.15) is 0 Å². The molecular weight excluding hydrogens is 188 g/mol. The van der Waals surface area contributed by atoms with Gasteiger partial charge in [-0.15, -0.1) is 0 Å². The molecule has 0 aliphatic rings. The molecule has 0 saturated heterocycles. The Morgan fingerprint density at radius 3 is 3.00 bits per heavy atom. The van der Waals surface area contributed by atoms with Crippen LogP contribution in [0.15, 0.2) is 42.7 Å². The molecule has 2 aromatic heterocycles. The smallest absolute Gasteiger partial charge is 0.0930 e. The maximum Gasteiger partial charge on any atom is 0.0930 e. The topological polar surface area (TPSA) is 54.5 Å². The molecule has 3 aromatic rings. The summed E-state index contributed by atoms with van der Waals surface area (Å²) in [6.07, 6.45) is 3.47. The van der Waals surface area contributed by atoms with Crippen LogP contribution in [0.2, 0.25) is 0 Å². The third-order valence-electron chi connectivity index (χ3n) is 2.31. The average molecular weight is 196 g/mol. The molecule has 3 rings (SSSR count). The lowest BCUT2D eigenvalue weighted by Crippen LogP contribution is -1.85. The van der Waals surface area contributed by atoms with Crippen molar-refractivity contribution < 1.29 is 0 Å². The number of H-pyrrole nitrogens is 1. The van der Waals surface area contributed by atoms with Gasteiger partial charge in [-0.1, -0.05) is 12.1 Å². The van der Waals surface area contributed by atoms with E-state index in [0.717, 1.165) is 22.2 Å². The Bertz CT molecular complexity index is 586. The fraction of sp³-hybridized carbons (Fsp3) is 0. The summed E-state index contributed by atoms with van der Waals surface area (Å²) >= 11 is 0. The standard InChI is InChI=1S/C11H8N4/c1-2-10(14-12-5-1)8-3-4-9-7-13-15-11(9)6-8/h1-7H,(H,13,15). The van der Waals surface area contributed by atoms with E-state index in [0.29, 0.717) is 0 Å². The van der Waals surface area contributed by atoms with E-state index < -0.39 is 0 Å². The van der Waals surface area contributed by atoms with Gasteiger partial charge >= 0.3 is 0 Å². The summed E-state index contributed by atoms with van der Waals surface area (Å²) in [5, 5.41) is 15.9. The van der Waals surface area contributed by atoms with Crippen LogP contribution >= 0.6 is 0 Å². The molecule has 72 valence electrons. The van der Waals surface area contributed by atoms with Crippen molar-refractivity contribution in [3.8, 4) is 11.3 Å². The first-order chi connectivity index (χ1) is 7.43. The highest BCUT2D eigenvalue weighted by Gasteiger charge is 2.01. The van der Waals surface area contributed by atoms with Gasteiger partial charge in [-0.05, 0) is 18.2 Å². The lowest BCUT2D eigenvalue weighted by Gasteiger charge is -1.98. The Balaban J connectivity index is 2.19. The van der Waals surface area contributed by atoms with Gasteiger partial charge in [0.25, 0.3) is 0 Å². The predicted octanol–water partition coefficient (Wildman–Crippen LogP) is 2.02. The summed E-state index contributed by atoms with van der Waals surface area (Å²) in [6.45, 7) is 0. The molecule has 0 radical (unpaired) electrons. The van der Waals surface area contributed by atoms with E-state index in [4.69, 9.17) is 0 Å². The molecule has 1 aromatic carbocycles. The van der Waals surface area contributed by atoms with Crippen LogP contribution < -0.4 is 0 Å². The van der Waals surface area contributed by atoms with Gasteiger partial charge in [0.15, 0.2) is 0 Å². The molecule has 0 aliphatic carbocycles. The first kappa shape index (κ1) is 8.11. The summed E-state index contributed by atoms with van der Waals surface area (Å²) in [5.41, 5.74) is 2.92. The highest BCUT2D eigenvalue weighted by atomic mass is 15.1. The van der Waals surface area contributed by atoms with E-state index in [1.807, 2.05) is 30.3 Å². The van der Waals surface area contributed by atoms with E-state index in [2.05, 4.69) is 20.4 Å². The summed E-state index contributed by atoms with van der Waals surface area (Å²) in [6, 6.07) is 9.86. The highest BCUT2D eigenvalue weighted by molar-refractivity contribution is 5.82. The van der Waals surface area contributed by atoms with Crippen LogP contribution in [-0.2, 0) is 0 Å². The molecule has 0 fully saturated rings. The Labute approximate surface area is 86.0 Å². The second-order valence-electron chi connectivity index (χ2n) is 3.28. The van der Waals surface area contributed by atoms with Crippen molar-refractivity contribution in [2.24, 2.45) is 0 Å². The van der Waals surface area contributed by atoms with Crippen molar-refractivity contribution in [3.05, 3.63) is 42.7 Å². The van der Waals surface area contributed by atoms with E-state index in [9.17, 15) is 0 Å². The number of aromatic amines is 1. The van der Waals surface area contributed by atoms with Crippen molar-refractivity contribution in [1.82, 2.24) is 20.4 Å². The minimum Gasteiger partial charge on any atom is -0.278 e. The van der Waals surface area contributed by atoms with Crippen LogP contribution in [0.4, 0.5) is 0 Å². The number of benzene rings is 1. The number of nitrogens with zero attached hydrogens (tertiary/aromatic N) is 3. The molecule has 1 N–H and O–H groups in total. The monoisotopic (exact) mass is 196 g/mol. The molecule has 4 nitrogen and oxygen atoms in total. The fourth-order valence-electron chi connectivity index (χ4n) is 1.55. The van der Waals surface area contributed by atoms with E-state index in [1.165, 1.54) is 0 Å². The molecule has 4 heteroatoms. The fourth-order valence-corrected chi connectivity index (χ4v) is 1.55. The number of nitrogens with one attached hydrogen (secondary N) is 1. The normalized spacial score (nSPS) is 10.7.